The average molecular weight is 252 g/mol. The molecule has 0 saturated carbocycles. The smallest absolute Gasteiger partial charge is 0.123 e. The Morgan fingerprint density at radius 1 is 1.39 bits per heavy atom. The van der Waals surface area contributed by atoms with Crippen molar-refractivity contribution >= 4 is 0 Å². The monoisotopic (exact) mass is 252 g/mol. The number of nitrogens with zero attached hydrogens (tertiary/aromatic N) is 1. The molecule has 0 amide bonds. The highest BCUT2D eigenvalue weighted by Crippen LogP contribution is 2.22. The van der Waals surface area contributed by atoms with Crippen LogP contribution in [0.2, 0.25) is 0 Å². The van der Waals surface area contributed by atoms with Gasteiger partial charge in [-0.15, -0.1) is 0 Å². The molecule has 1 fully saturated rings. The first-order valence-electron chi connectivity index (χ1n) is 6.44. The van der Waals surface area contributed by atoms with Gasteiger partial charge in [-0.3, -0.25) is 4.90 Å². The summed E-state index contributed by atoms with van der Waals surface area (Å²) in [7, 11) is 3.72. The van der Waals surface area contributed by atoms with E-state index in [1.807, 2.05) is 0 Å². The van der Waals surface area contributed by atoms with Crippen molar-refractivity contribution in [2.75, 3.05) is 27.2 Å². The number of hydrogen-bond donors (Lipinski definition) is 1. The van der Waals surface area contributed by atoms with Crippen LogP contribution in [0.25, 0.3) is 0 Å². The number of benzene rings is 1. The molecule has 1 saturated heterocycles. The predicted octanol–water partition coefficient (Wildman–Crippen LogP) is 2.02. The summed E-state index contributed by atoms with van der Waals surface area (Å²) in [6.07, 6.45) is 2.29. The molecule has 0 aromatic heterocycles. The van der Waals surface area contributed by atoms with E-state index in [0.29, 0.717) is 6.04 Å². The zero-order chi connectivity index (χ0) is 13.0. The second kappa shape index (κ2) is 6.16. The summed E-state index contributed by atoms with van der Waals surface area (Å²) < 4.78 is 18.6. The van der Waals surface area contributed by atoms with Gasteiger partial charge >= 0.3 is 0 Å². The molecule has 1 aliphatic heterocycles. The summed E-state index contributed by atoms with van der Waals surface area (Å²) >= 11 is 0. The lowest BCUT2D eigenvalue weighted by Gasteiger charge is -2.31. The van der Waals surface area contributed by atoms with Crippen LogP contribution in [0.5, 0.6) is 5.75 Å². The fourth-order valence-electron chi connectivity index (χ4n) is 2.52. The van der Waals surface area contributed by atoms with Crippen molar-refractivity contribution in [3.8, 4) is 5.75 Å². The fourth-order valence-corrected chi connectivity index (χ4v) is 2.52. The molecule has 0 radical (unpaired) electrons. The van der Waals surface area contributed by atoms with Crippen LogP contribution in [0.1, 0.15) is 18.4 Å². The van der Waals surface area contributed by atoms with Crippen molar-refractivity contribution in [1.82, 2.24) is 10.2 Å². The largest absolute Gasteiger partial charge is 0.496 e. The van der Waals surface area contributed by atoms with Crippen LogP contribution in [0.15, 0.2) is 18.2 Å². The molecule has 1 aromatic carbocycles. The van der Waals surface area contributed by atoms with Crippen LogP contribution in [0, 0.1) is 5.82 Å². The Bertz CT molecular complexity index is 391. The van der Waals surface area contributed by atoms with Crippen LogP contribution in [-0.2, 0) is 6.54 Å². The molecule has 0 bridgehead atoms. The summed E-state index contributed by atoms with van der Waals surface area (Å²) in [6, 6.07) is 5.27. The van der Waals surface area contributed by atoms with Gasteiger partial charge in [-0.05, 0) is 51.2 Å². The molecule has 3 nitrogen and oxygen atoms in total. The molecule has 4 heteroatoms. The van der Waals surface area contributed by atoms with Crippen molar-refractivity contribution in [1.29, 1.82) is 0 Å². The van der Waals surface area contributed by atoms with Gasteiger partial charge in [0, 0.05) is 18.2 Å². The standard InChI is InChI=1S/C14H21FN2O/c1-17(13-5-7-16-8-6-13)10-11-9-12(15)3-4-14(11)18-2/h3-4,9,13,16H,5-8,10H2,1-2H3. The average Bonchev–Trinajstić information content (AvgIpc) is 2.40. The lowest BCUT2D eigenvalue weighted by atomic mass is 10.0. The van der Waals surface area contributed by atoms with Gasteiger partial charge in [-0.2, -0.15) is 0 Å². The molecule has 0 unspecified atom stereocenters. The molecular formula is C14H21FN2O. The Morgan fingerprint density at radius 2 is 2.11 bits per heavy atom. The summed E-state index contributed by atoms with van der Waals surface area (Å²) in [6.45, 7) is 2.86. The van der Waals surface area contributed by atoms with Gasteiger partial charge in [0.15, 0.2) is 0 Å². The molecule has 18 heavy (non-hydrogen) atoms. The minimum absolute atomic E-state index is 0.204. The highest BCUT2D eigenvalue weighted by molar-refractivity contribution is 5.33. The number of nitrogens with one attached hydrogen (secondary N) is 1. The highest BCUT2D eigenvalue weighted by Gasteiger charge is 2.19. The molecule has 0 atom stereocenters. The first kappa shape index (κ1) is 13.3. The minimum Gasteiger partial charge on any atom is -0.496 e. The third-order valence-electron chi connectivity index (χ3n) is 3.59. The van der Waals surface area contributed by atoms with E-state index in [2.05, 4.69) is 17.3 Å². The summed E-state index contributed by atoms with van der Waals surface area (Å²) in [5, 5.41) is 3.35. The molecule has 0 aliphatic carbocycles. The number of halogens is 1. The van der Waals surface area contributed by atoms with Gasteiger partial charge in [-0.1, -0.05) is 0 Å². The Kier molecular flexibility index (Phi) is 4.55. The van der Waals surface area contributed by atoms with E-state index in [1.54, 1.807) is 19.2 Å². The maximum Gasteiger partial charge on any atom is 0.123 e. The van der Waals surface area contributed by atoms with Gasteiger partial charge in [0.25, 0.3) is 0 Å². The van der Waals surface area contributed by atoms with Crippen LogP contribution >= 0.6 is 0 Å². The fraction of sp³-hybridized carbons (Fsp3) is 0.571. The predicted molar refractivity (Wildman–Crippen MR) is 70.3 cm³/mol. The molecule has 100 valence electrons. The van der Waals surface area contributed by atoms with Crippen molar-refractivity contribution in [3.63, 3.8) is 0 Å². The second-order valence-corrected chi connectivity index (χ2v) is 4.85. The van der Waals surface area contributed by atoms with Crippen LogP contribution in [-0.4, -0.2) is 38.2 Å². The van der Waals surface area contributed by atoms with Crippen molar-refractivity contribution in [2.45, 2.75) is 25.4 Å². The van der Waals surface area contributed by atoms with Gasteiger partial charge in [0.2, 0.25) is 0 Å². The van der Waals surface area contributed by atoms with Gasteiger partial charge < -0.3 is 10.1 Å². The molecule has 1 heterocycles. The first-order chi connectivity index (χ1) is 8.70. The lowest BCUT2D eigenvalue weighted by molar-refractivity contribution is 0.189. The lowest BCUT2D eigenvalue weighted by Crippen LogP contribution is -2.40. The van der Waals surface area contributed by atoms with E-state index in [1.165, 1.54) is 6.07 Å². The van der Waals surface area contributed by atoms with E-state index in [4.69, 9.17) is 4.74 Å². The van der Waals surface area contributed by atoms with Crippen molar-refractivity contribution < 1.29 is 9.13 Å². The van der Waals surface area contributed by atoms with E-state index in [0.717, 1.165) is 43.8 Å². The van der Waals surface area contributed by atoms with Gasteiger partial charge in [0.1, 0.15) is 11.6 Å². The highest BCUT2D eigenvalue weighted by atomic mass is 19.1. The SMILES string of the molecule is COc1ccc(F)cc1CN(C)C1CCNCC1. The summed E-state index contributed by atoms with van der Waals surface area (Å²) in [4.78, 5) is 2.29. The van der Waals surface area contributed by atoms with Gasteiger partial charge in [0.05, 0.1) is 7.11 Å². The number of methoxy groups -OCH3 is 1. The minimum atomic E-state index is -0.204. The summed E-state index contributed by atoms with van der Waals surface area (Å²) in [5.74, 6) is 0.557. The Balaban J connectivity index is 2.05. The molecule has 2 rings (SSSR count). The van der Waals surface area contributed by atoms with Crippen molar-refractivity contribution in [2.24, 2.45) is 0 Å². The van der Waals surface area contributed by atoms with Crippen LogP contribution in [0.3, 0.4) is 0 Å². The number of piperidine rings is 1. The maximum atomic E-state index is 13.3. The molecule has 0 spiro atoms. The third-order valence-corrected chi connectivity index (χ3v) is 3.59. The molecule has 1 aromatic rings. The Morgan fingerprint density at radius 3 is 2.78 bits per heavy atom. The number of rotatable bonds is 4. The van der Waals surface area contributed by atoms with E-state index >= 15 is 0 Å². The van der Waals surface area contributed by atoms with E-state index in [9.17, 15) is 4.39 Å². The van der Waals surface area contributed by atoms with Gasteiger partial charge in [-0.25, -0.2) is 4.39 Å². The first-order valence-corrected chi connectivity index (χ1v) is 6.44. The maximum absolute atomic E-state index is 13.3. The number of ether oxygens (including phenoxy) is 1. The summed E-state index contributed by atoms with van der Waals surface area (Å²) in [5.41, 5.74) is 0.915. The molecule has 1 aliphatic rings. The molecule has 1 N–H and O–H groups in total. The quantitative estimate of drug-likeness (QED) is 0.887. The topological polar surface area (TPSA) is 24.5 Å². The van der Waals surface area contributed by atoms with E-state index in [-0.39, 0.29) is 5.82 Å². The van der Waals surface area contributed by atoms with Crippen LogP contribution < -0.4 is 10.1 Å². The molecular weight excluding hydrogens is 231 g/mol. The third kappa shape index (κ3) is 3.21. The second-order valence-electron chi connectivity index (χ2n) is 4.85. The zero-order valence-electron chi connectivity index (χ0n) is 11.1. The van der Waals surface area contributed by atoms with Crippen molar-refractivity contribution in [3.05, 3.63) is 29.6 Å². The number of hydrogen-bond acceptors (Lipinski definition) is 3. The van der Waals surface area contributed by atoms with E-state index < -0.39 is 0 Å². The Labute approximate surface area is 108 Å². The normalized spacial score (nSPS) is 17.1. The zero-order valence-corrected chi connectivity index (χ0v) is 11.1. The Hall–Kier alpha value is -1.13. The van der Waals surface area contributed by atoms with Crippen LogP contribution in [0.4, 0.5) is 4.39 Å².